The molecule has 4 nitrogen and oxygen atoms in total. The predicted molar refractivity (Wildman–Crippen MR) is 72.1 cm³/mol. The molecule has 2 N–H and O–H groups in total. The molecule has 2 rings (SSSR count). The highest BCUT2D eigenvalue weighted by Crippen LogP contribution is 2.33. The Kier molecular flexibility index (Phi) is 4.09. The number of imide groups is 1. The number of anilines is 1. The maximum Gasteiger partial charge on any atom is 0.243 e. The van der Waals surface area contributed by atoms with E-state index in [4.69, 9.17) is 5.73 Å². The van der Waals surface area contributed by atoms with Crippen molar-refractivity contribution in [1.82, 2.24) is 4.90 Å². The summed E-state index contributed by atoms with van der Waals surface area (Å²) in [5, 5.41) is -0.530. The number of carbonyl (C=O) groups is 2. The molecule has 1 atom stereocenters. The fourth-order valence-electron chi connectivity index (χ4n) is 1.97. The molecule has 1 unspecified atom stereocenters. The van der Waals surface area contributed by atoms with Crippen molar-refractivity contribution in [1.29, 1.82) is 0 Å². The molecule has 0 spiro atoms. The smallest absolute Gasteiger partial charge is 0.243 e. The first kappa shape index (κ1) is 13.9. The van der Waals surface area contributed by atoms with Gasteiger partial charge in [-0.3, -0.25) is 14.5 Å². The monoisotopic (exact) mass is 282 g/mol. The topological polar surface area (TPSA) is 63.4 Å². The Morgan fingerprint density at radius 2 is 2.21 bits per heavy atom. The molecule has 0 radical (unpaired) electrons. The van der Waals surface area contributed by atoms with Crippen LogP contribution in [0.3, 0.4) is 0 Å². The number of likely N-dealkylation sites (tertiary alicyclic amines) is 1. The summed E-state index contributed by atoms with van der Waals surface area (Å²) >= 11 is 1.09. The third-order valence-corrected chi connectivity index (χ3v) is 4.11. The Morgan fingerprint density at radius 3 is 2.84 bits per heavy atom. The van der Waals surface area contributed by atoms with Gasteiger partial charge in [0.25, 0.3) is 0 Å². The van der Waals surface area contributed by atoms with Crippen molar-refractivity contribution in [2.75, 3.05) is 12.3 Å². The molecule has 19 heavy (non-hydrogen) atoms. The second-order valence-electron chi connectivity index (χ2n) is 4.38. The molecule has 1 saturated heterocycles. The standard InChI is InChI=1S/C13H15FN2O2S/c1-2-5-16-12(17)7-11(13(16)18)19-10-4-3-8(15)6-9(10)14/h3-4,6,11H,2,5,7,15H2,1H3. The van der Waals surface area contributed by atoms with Crippen LogP contribution >= 0.6 is 11.8 Å². The van der Waals surface area contributed by atoms with Crippen LogP contribution in [0.4, 0.5) is 10.1 Å². The molecular weight excluding hydrogens is 267 g/mol. The third-order valence-electron chi connectivity index (χ3n) is 2.87. The molecule has 6 heteroatoms. The van der Waals surface area contributed by atoms with Gasteiger partial charge in [-0.15, -0.1) is 11.8 Å². The van der Waals surface area contributed by atoms with E-state index in [1.165, 1.54) is 17.0 Å². The number of nitrogens with zero attached hydrogens (tertiary/aromatic N) is 1. The molecule has 1 aromatic carbocycles. The molecule has 1 heterocycles. The number of rotatable bonds is 4. The summed E-state index contributed by atoms with van der Waals surface area (Å²) in [5.74, 6) is -0.868. The van der Waals surface area contributed by atoms with E-state index < -0.39 is 11.1 Å². The highest BCUT2D eigenvalue weighted by Gasteiger charge is 2.38. The zero-order chi connectivity index (χ0) is 14.0. The largest absolute Gasteiger partial charge is 0.399 e. The molecule has 1 fully saturated rings. The van der Waals surface area contributed by atoms with Crippen molar-refractivity contribution in [3.05, 3.63) is 24.0 Å². The van der Waals surface area contributed by atoms with Gasteiger partial charge < -0.3 is 5.73 Å². The Hall–Kier alpha value is -1.56. The lowest BCUT2D eigenvalue weighted by molar-refractivity contribution is -0.138. The summed E-state index contributed by atoms with van der Waals surface area (Å²) < 4.78 is 13.7. The number of nitrogens with two attached hydrogens (primary N) is 1. The number of halogens is 1. The van der Waals surface area contributed by atoms with E-state index in [1.807, 2.05) is 6.92 Å². The second-order valence-corrected chi connectivity index (χ2v) is 5.63. The molecular formula is C13H15FN2O2S. The minimum absolute atomic E-state index is 0.132. The van der Waals surface area contributed by atoms with Gasteiger partial charge in [-0.1, -0.05) is 6.92 Å². The Labute approximate surface area is 115 Å². The molecule has 1 aliphatic heterocycles. The fourth-order valence-corrected chi connectivity index (χ4v) is 3.05. The van der Waals surface area contributed by atoms with Crippen LogP contribution in [0, 0.1) is 5.82 Å². The van der Waals surface area contributed by atoms with Gasteiger partial charge in [-0.05, 0) is 24.6 Å². The second kappa shape index (κ2) is 5.61. The quantitative estimate of drug-likeness (QED) is 0.678. The molecule has 1 aliphatic rings. The number of carbonyl (C=O) groups excluding carboxylic acids is 2. The molecule has 0 aliphatic carbocycles. The first-order chi connectivity index (χ1) is 9.02. The van der Waals surface area contributed by atoms with Crippen LogP contribution in [0.1, 0.15) is 19.8 Å². The van der Waals surface area contributed by atoms with Crippen LogP contribution in [0.15, 0.2) is 23.1 Å². The van der Waals surface area contributed by atoms with Crippen molar-refractivity contribution in [3.8, 4) is 0 Å². The van der Waals surface area contributed by atoms with Crippen molar-refractivity contribution < 1.29 is 14.0 Å². The average Bonchev–Trinajstić information content (AvgIpc) is 2.61. The van der Waals surface area contributed by atoms with Crippen molar-refractivity contribution in [2.45, 2.75) is 29.9 Å². The van der Waals surface area contributed by atoms with Gasteiger partial charge in [0.2, 0.25) is 11.8 Å². The SMILES string of the molecule is CCCN1C(=O)CC(Sc2ccc(N)cc2F)C1=O. The molecule has 102 valence electrons. The lowest BCUT2D eigenvalue weighted by Crippen LogP contribution is -2.31. The summed E-state index contributed by atoms with van der Waals surface area (Å²) in [4.78, 5) is 25.3. The number of hydrogen-bond donors (Lipinski definition) is 1. The van der Waals surface area contributed by atoms with E-state index in [2.05, 4.69) is 0 Å². The summed E-state index contributed by atoms with van der Waals surface area (Å²) in [5.41, 5.74) is 5.80. The Morgan fingerprint density at radius 1 is 1.47 bits per heavy atom. The van der Waals surface area contributed by atoms with E-state index >= 15 is 0 Å². The van der Waals surface area contributed by atoms with Gasteiger partial charge in [-0.2, -0.15) is 0 Å². The average molecular weight is 282 g/mol. The minimum atomic E-state index is -0.530. The van der Waals surface area contributed by atoms with Gasteiger partial charge in [0, 0.05) is 23.5 Å². The zero-order valence-electron chi connectivity index (χ0n) is 10.6. The van der Waals surface area contributed by atoms with Crippen LogP contribution < -0.4 is 5.73 Å². The number of nitrogen functional groups attached to an aromatic ring is 1. The van der Waals surface area contributed by atoms with E-state index in [9.17, 15) is 14.0 Å². The maximum atomic E-state index is 13.7. The fraction of sp³-hybridized carbons (Fsp3) is 0.385. The normalized spacial score (nSPS) is 19.3. The van der Waals surface area contributed by atoms with Crippen LogP contribution in [0.2, 0.25) is 0 Å². The van der Waals surface area contributed by atoms with Crippen LogP contribution in [-0.4, -0.2) is 28.5 Å². The lowest BCUT2D eigenvalue weighted by Gasteiger charge is -2.13. The molecule has 0 bridgehead atoms. The van der Waals surface area contributed by atoms with Gasteiger partial charge in [0.1, 0.15) is 5.82 Å². The number of hydrogen-bond acceptors (Lipinski definition) is 4. The van der Waals surface area contributed by atoms with E-state index in [0.717, 1.165) is 18.2 Å². The molecule has 2 amide bonds. The third kappa shape index (κ3) is 2.89. The lowest BCUT2D eigenvalue weighted by atomic mass is 10.3. The summed E-state index contributed by atoms with van der Waals surface area (Å²) in [7, 11) is 0. The van der Waals surface area contributed by atoms with Gasteiger partial charge in [-0.25, -0.2) is 4.39 Å². The van der Waals surface area contributed by atoms with Crippen LogP contribution in [-0.2, 0) is 9.59 Å². The summed E-state index contributed by atoms with van der Waals surface area (Å²) in [6, 6.07) is 4.33. The first-order valence-electron chi connectivity index (χ1n) is 6.08. The molecule has 0 aromatic heterocycles. The Balaban J connectivity index is 2.12. The summed E-state index contributed by atoms with van der Waals surface area (Å²) in [6.07, 6.45) is 0.860. The van der Waals surface area contributed by atoms with Gasteiger partial charge in [0.05, 0.1) is 5.25 Å². The number of benzene rings is 1. The highest BCUT2D eigenvalue weighted by molar-refractivity contribution is 8.00. The van der Waals surface area contributed by atoms with Crippen molar-refractivity contribution in [2.24, 2.45) is 0 Å². The van der Waals surface area contributed by atoms with Crippen molar-refractivity contribution in [3.63, 3.8) is 0 Å². The molecule has 0 saturated carbocycles. The number of thioether (sulfide) groups is 1. The maximum absolute atomic E-state index is 13.7. The highest BCUT2D eigenvalue weighted by atomic mass is 32.2. The minimum Gasteiger partial charge on any atom is -0.399 e. The van der Waals surface area contributed by atoms with E-state index in [-0.39, 0.29) is 18.2 Å². The van der Waals surface area contributed by atoms with E-state index in [0.29, 0.717) is 17.1 Å². The van der Waals surface area contributed by atoms with Crippen molar-refractivity contribution >= 4 is 29.3 Å². The summed E-state index contributed by atoms with van der Waals surface area (Å²) in [6.45, 7) is 2.33. The van der Waals surface area contributed by atoms with Crippen LogP contribution in [0.25, 0.3) is 0 Å². The molecule has 1 aromatic rings. The van der Waals surface area contributed by atoms with E-state index in [1.54, 1.807) is 6.07 Å². The number of amides is 2. The van der Waals surface area contributed by atoms with Gasteiger partial charge in [0.15, 0.2) is 0 Å². The van der Waals surface area contributed by atoms with Crippen LogP contribution in [0.5, 0.6) is 0 Å². The van der Waals surface area contributed by atoms with Gasteiger partial charge >= 0.3 is 0 Å². The Bertz CT molecular complexity index is 521. The zero-order valence-corrected chi connectivity index (χ0v) is 11.4. The predicted octanol–water partition coefficient (Wildman–Crippen LogP) is 2.04. The first-order valence-corrected chi connectivity index (χ1v) is 6.96.